The number of aliphatic carboxylic acids is 1. The minimum Gasteiger partial charge on any atom is -0.481 e. The van der Waals surface area contributed by atoms with Gasteiger partial charge in [-0.05, 0) is 18.1 Å². The fraction of sp³-hybridized carbons (Fsp3) is 0.235. The predicted octanol–water partition coefficient (Wildman–Crippen LogP) is 3.25. The van der Waals surface area contributed by atoms with Crippen molar-refractivity contribution >= 4 is 5.97 Å². The molecule has 0 spiro atoms. The van der Waals surface area contributed by atoms with Gasteiger partial charge in [0.1, 0.15) is 0 Å². The summed E-state index contributed by atoms with van der Waals surface area (Å²) in [5, 5.41) is 9.13. The summed E-state index contributed by atoms with van der Waals surface area (Å²) < 4.78 is 0. The zero-order valence-electron chi connectivity index (χ0n) is 11.5. The van der Waals surface area contributed by atoms with Gasteiger partial charge in [0.15, 0.2) is 0 Å². The molecule has 2 aromatic rings. The molecule has 0 radical (unpaired) electrons. The smallest absolute Gasteiger partial charge is 0.304 e. The first kappa shape index (κ1) is 14.3. The molecule has 0 aliphatic heterocycles. The van der Waals surface area contributed by atoms with Gasteiger partial charge in [-0.3, -0.25) is 4.79 Å². The van der Waals surface area contributed by atoms with Crippen LogP contribution in [0, 0.1) is 6.92 Å². The Morgan fingerprint density at radius 1 is 1.05 bits per heavy atom. The van der Waals surface area contributed by atoms with E-state index in [1.54, 1.807) is 0 Å². The molecule has 0 saturated heterocycles. The summed E-state index contributed by atoms with van der Waals surface area (Å²) in [7, 11) is 0. The van der Waals surface area contributed by atoms with Crippen molar-refractivity contribution in [3.63, 3.8) is 0 Å². The maximum absolute atomic E-state index is 11.1. The summed E-state index contributed by atoms with van der Waals surface area (Å²) in [5.41, 5.74) is 9.39. The number of benzene rings is 2. The number of hydrogen-bond donors (Lipinski definition) is 2. The average Bonchev–Trinajstić information content (AvgIpc) is 2.45. The Balaban J connectivity index is 2.31. The Hall–Kier alpha value is -2.13. The second-order valence-electron chi connectivity index (χ2n) is 5.05. The summed E-state index contributed by atoms with van der Waals surface area (Å²) in [4.78, 5) is 11.1. The third kappa shape index (κ3) is 3.45. The number of aryl methyl sites for hydroxylation is 1. The van der Waals surface area contributed by atoms with Crippen LogP contribution < -0.4 is 5.73 Å². The molecular weight excluding hydrogens is 250 g/mol. The largest absolute Gasteiger partial charge is 0.481 e. The molecule has 0 saturated carbocycles. The van der Waals surface area contributed by atoms with Crippen LogP contribution in [0.3, 0.4) is 0 Å². The van der Waals surface area contributed by atoms with Gasteiger partial charge >= 0.3 is 5.97 Å². The molecule has 3 N–H and O–H groups in total. The van der Waals surface area contributed by atoms with Gasteiger partial charge < -0.3 is 10.8 Å². The lowest BCUT2D eigenvalue weighted by molar-refractivity contribution is -0.137. The van der Waals surface area contributed by atoms with Crippen LogP contribution in [0.25, 0.3) is 0 Å². The lowest BCUT2D eigenvalue weighted by Gasteiger charge is -2.23. The Morgan fingerprint density at radius 3 is 2.20 bits per heavy atom. The monoisotopic (exact) mass is 269 g/mol. The molecule has 2 atom stereocenters. The van der Waals surface area contributed by atoms with E-state index in [1.165, 1.54) is 0 Å². The lowest BCUT2D eigenvalue weighted by Crippen LogP contribution is -2.22. The number of rotatable bonds is 5. The third-order valence-electron chi connectivity index (χ3n) is 3.52. The molecule has 0 aliphatic rings. The van der Waals surface area contributed by atoms with Gasteiger partial charge in [-0.25, -0.2) is 0 Å². The van der Waals surface area contributed by atoms with Gasteiger partial charge in [-0.1, -0.05) is 60.2 Å². The molecule has 20 heavy (non-hydrogen) atoms. The highest BCUT2D eigenvalue weighted by Gasteiger charge is 2.23. The van der Waals surface area contributed by atoms with Crippen molar-refractivity contribution in [2.24, 2.45) is 5.73 Å². The van der Waals surface area contributed by atoms with Crippen molar-refractivity contribution in [2.75, 3.05) is 0 Å². The van der Waals surface area contributed by atoms with Crippen LogP contribution in [-0.2, 0) is 4.79 Å². The topological polar surface area (TPSA) is 63.3 Å². The standard InChI is InChI=1S/C17H19NO2/c1-12-7-9-14(10-8-12)17(18)15(11-16(19)20)13-5-3-2-4-6-13/h2-10,15,17H,11,18H2,1H3,(H,19,20). The highest BCUT2D eigenvalue weighted by atomic mass is 16.4. The van der Waals surface area contributed by atoms with Crippen molar-refractivity contribution in [1.29, 1.82) is 0 Å². The normalized spacial score (nSPS) is 13.7. The Bertz CT molecular complexity index is 563. The SMILES string of the molecule is Cc1ccc(C(N)C(CC(=O)O)c2ccccc2)cc1. The van der Waals surface area contributed by atoms with Crippen molar-refractivity contribution in [1.82, 2.24) is 0 Å². The van der Waals surface area contributed by atoms with Crippen LogP contribution in [-0.4, -0.2) is 11.1 Å². The summed E-state index contributed by atoms with van der Waals surface area (Å²) in [6.07, 6.45) is 0.0268. The number of carboxylic acids is 1. The first-order valence-corrected chi connectivity index (χ1v) is 6.67. The van der Waals surface area contributed by atoms with Crippen molar-refractivity contribution in [2.45, 2.75) is 25.3 Å². The molecule has 0 heterocycles. The maximum atomic E-state index is 11.1. The van der Waals surface area contributed by atoms with Gasteiger partial charge in [0.2, 0.25) is 0 Å². The van der Waals surface area contributed by atoms with E-state index < -0.39 is 5.97 Å². The summed E-state index contributed by atoms with van der Waals surface area (Å²) in [6.45, 7) is 2.02. The Morgan fingerprint density at radius 2 is 1.65 bits per heavy atom. The molecule has 0 bridgehead atoms. The van der Waals surface area contributed by atoms with Crippen LogP contribution >= 0.6 is 0 Å². The molecule has 2 aromatic carbocycles. The minimum atomic E-state index is -0.832. The van der Waals surface area contributed by atoms with Gasteiger partial charge in [0, 0.05) is 12.0 Å². The number of carbonyl (C=O) groups is 1. The molecular formula is C17H19NO2. The highest BCUT2D eigenvalue weighted by Crippen LogP contribution is 2.32. The van der Waals surface area contributed by atoms with Crippen LogP contribution in [0.1, 0.15) is 35.1 Å². The van der Waals surface area contributed by atoms with Gasteiger partial charge in [-0.15, -0.1) is 0 Å². The van der Waals surface area contributed by atoms with E-state index >= 15 is 0 Å². The highest BCUT2D eigenvalue weighted by molar-refractivity contribution is 5.68. The van der Waals surface area contributed by atoms with E-state index in [-0.39, 0.29) is 18.4 Å². The molecule has 2 unspecified atom stereocenters. The number of nitrogens with two attached hydrogens (primary N) is 1. The maximum Gasteiger partial charge on any atom is 0.304 e. The third-order valence-corrected chi connectivity index (χ3v) is 3.52. The predicted molar refractivity (Wildman–Crippen MR) is 79.5 cm³/mol. The number of hydrogen-bond acceptors (Lipinski definition) is 2. The Kier molecular flexibility index (Phi) is 4.53. The van der Waals surface area contributed by atoms with Crippen molar-refractivity contribution in [3.8, 4) is 0 Å². The Labute approximate surface area is 119 Å². The second kappa shape index (κ2) is 6.35. The first-order chi connectivity index (χ1) is 9.58. The van der Waals surface area contributed by atoms with Gasteiger partial charge in [0.25, 0.3) is 0 Å². The van der Waals surface area contributed by atoms with E-state index in [9.17, 15) is 4.79 Å². The summed E-state index contributed by atoms with van der Waals surface area (Å²) >= 11 is 0. The molecule has 104 valence electrons. The van der Waals surface area contributed by atoms with E-state index in [2.05, 4.69) is 0 Å². The van der Waals surface area contributed by atoms with Gasteiger partial charge in [-0.2, -0.15) is 0 Å². The van der Waals surface area contributed by atoms with E-state index in [4.69, 9.17) is 10.8 Å². The van der Waals surface area contributed by atoms with Crippen LogP contribution in [0.15, 0.2) is 54.6 Å². The van der Waals surface area contributed by atoms with Crippen LogP contribution in [0.5, 0.6) is 0 Å². The van der Waals surface area contributed by atoms with E-state index in [1.807, 2.05) is 61.5 Å². The van der Waals surface area contributed by atoms with E-state index in [0.29, 0.717) is 0 Å². The molecule has 0 aromatic heterocycles. The molecule has 3 nitrogen and oxygen atoms in total. The zero-order chi connectivity index (χ0) is 14.5. The zero-order valence-corrected chi connectivity index (χ0v) is 11.5. The van der Waals surface area contributed by atoms with Crippen LogP contribution in [0.2, 0.25) is 0 Å². The molecule has 2 rings (SSSR count). The summed E-state index contributed by atoms with van der Waals surface area (Å²) in [5.74, 6) is -1.06. The average molecular weight is 269 g/mol. The summed E-state index contributed by atoms with van der Waals surface area (Å²) in [6, 6.07) is 17.2. The lowest BCUT2D eigenvalue weighted by atomic mass is 9.85. The quantitative estimate of drug-likeness (QED) is 0.875. The second-order valence-corrected chi connectivity index (χ2v) is 5.05. The minimum absolute atomic E-state index is 0.0268. The fourth-order valence-corrected chi connectivity index (χ4v) is 2.36. The molecule has 0 amide bonds. The molecule has 0 aliphatic carbocycles. The van der Waals surface area contributed by atoms with Crippen LogP contribution in [0.4, 0.5) is 0 Å². The van der Waals surface area contributed by atoms with Crippen molar-refractivity contribution in [3.05, 3.63) is 71.3 Å². The molecule has 0 fully saturated rings. The first-order valence-electron chi connectivity index (χ1n) is 6.67. The van der Waals surface area contributed by atoms with Gasteiger partial charge in [0.05, 0.1) is 6.42 Å². The fourth-order valence-electron chi connectivity index (χ4n) is 2.36. The molecule has 3 heteroatoms. The number of carboxylic acid groups (broad SMARTS) is 1. The van der Waals surface area contributed by atoms with Crippen molar-refractivity contribution < 1.29 is 9.90 Å². The van der Waals surface area contributed by atoms with E-state index in [0.717, 1.165) is 16.7 Å².